The number of ether oxygens (including phenoxy) is 4. The van der Waals surface area contributed by atoms with E-state index in [0.29, 0.717) is 41.3 Å². The zero-order valence-electron chi connectivity index (χ0n) is 45.4. The first-order chi connectivity index (χ1) is 35.8. The Hall–Kier alpha value is -5.25. The van der Waals surface area contributed by atoms with Crippen LogP contribution in [-0.2, 0) is 41.2 Å². The standard InChI is InChI=1S/C38H49O7PS.C20H34O7S.4CH4/c1-30-34(36(40)38(44-3)37(43-2)35(30)39)28-20-9-7-5-6-8-10-21-29-46(45-47(4,41)42,31-22-14-11-15-23-31,32-24-16-12-17-25-32)33-26-18-13-19-27-33;1-15-16(18(22)20(26-3)19(25-2)17(15)21)13-11-9-7-5-6-8-10-12-14-27-28(4,23)24;;;;/h11-19,22-27,39-40H,5-10,20-21,28-29H2,1-4H3;21-22H,5-14H2,1-4H3;4*1H4. The third-order valence-electron chi connectivity index (χ3n) is 13.9. The summed E-state index contributed by atoms with van der Waals surface area (Å²) in [6.45, 7) is -0.116. The smallest absolute Gasteiger partial charge is 0.504 e. The van der Waals surface area contributed by atoms with Crippen molar-refractivity contribution in [2.75, 3.05) is 53.7 Å². The molecule has 0 aliphatic rings. The molecule has 0 saturated heterocycles. The molecule has 0 heterocycles. The molecule has 5 rings (SSSR count). The van der Waals surface area contributed by atoms with E-state index in [4.69, 9.17) is 27.1 Å². The molecule has 14 nitrogen and oxygen atoms in total. The van der Waals surface area contributed by atoms with Gasteiger partial charge in [0.25, 0.3) is 10.1 Å². The van der Waals surface area contributed by atoms with E-state index in [1.54, 1.807) is 13.8 Å². The fourth-order valence-electron chi connectivity index (χ4n) is 10.0. The zero-order valence-corrected chi connectivity index (χ0v) is 48.0. The van der Waals surface area contributed by atoms with E-state index < -0.39 is 27.1 Å². The summed E-state index contributed by atoms with van der Waals surface area (Å²) in [6.07, 6.45) is 20.1. The van der Waals surface area contributed by atoms with E-state index in [1.165, 1.54) is 34.7 Å². The minimum absolute atomic E-state index is 0. The van der Waals surface area contributed by atoms with Crippen molar-refractivity contribution in [1.82, 2.24) is 0 Å². The molecule has 0 bridgehead atoms. The summed E-state index contributed by atoms with van der Waals surface area (Å²) in [5.74, 6) is 0.698. The molecule has 0 atom stereocenters. The number of benzene rings is 5. The van der Waals surface area contributed by atoms with Crippen LogP contribution in [0.15, 0.2) is 91.0 Å². The fourth-order valence-corrected chi connectivity index (χ4v) is 19.1. The molecule has 0 aliphatic heterocycles. The predicted molar refractivity (Wildman–Crippen MR) is 330 cm³/mol. The van der Waals surface area contributed by atoms with Gasteiger partial charge in [0, 0.05) is 11.1 Å². The van der Waals surface area contributed by atoms with Gasteiger partial charge in [0.2, 0.25) is 23.0 Å². The minimum Gasteiger partial charge on any atom is -0.504 e. The summed E-state index contributed by atoms with van der Waals surface area (Å²) in [4.78, 5) is 0. The Bertz CT molecular complexity index is 2660. The first-order valence-electron chi connectivity index (χ1n) is 26.1. The Labute approximate surface area is 477 Å². The average Bonchev–Trinajstić information content (AvgIpc) is 3.40. The van der Waals surface area contributed by atoms with E-state index in [2.05, 4.69) is 0 Å². The van der Waals surface area contributed by atoms with Gasteiger partial charge < -0.3 is 39.4 Å². The number of phenolic OH excluding ortho intramolecular Hbond substituents is 4. The summed E-state index contributed by atoms with van der Waals surface area (Å²) in [5.41, 5.74) is 2.61. The van der Waals surface area contributed by atoms with Gasteiger partial charge in [0.05, 0.1) is 41.3 Å². The average molecular weight is 1160 g/mol. The van der Waals surface area contributed by atoms with Crippen LogP contribution >= 0.6 is 6.83 Å². The molecule has 0 aromatic heterocycles. The Morgan fingerprint density at radius 3 is 0.962 bits per heavy atom. The topological polar surface area (TPSA) is 205 Å². The van der Waals surface area contributed by atoms with Crippen molar-refractivity contribution in [3.63, 3.8) is 0 Å². The van der Waals surface area contributed by atoms with Gasteiger partial charge in [-0.05, 0) is 33.1 Å². The number of hydrogen-bond donors (Lipinski definition) is 4. The number of aromatic hydroxyl groups is 4. The molecule has 0 radical (unpaired) electrons. The molecular formula is C62H99O14PS2. The van der Waals surface area contributed by atoms with Crippen LogP contribution < -0.4 is 34.9 Å². The third-order valence-corrected chi connectivity index (χ3v) is 22.2. The minimum atomic E-state index is -3.92. The zero-order chi connectivity index (χ0) is 55.1. The SMILES string of the molecule is C.C.C.C.COc1c(O)c(C)c(CCCCCCCCCCOS(C)(=O)=O)c(O)c1OC.COc1c(O)c(C)c(CCCCCCCCCCP(OS(C)(=O)=O)(c2ccccc2)(c2ccccc2)c2ccccc2)c(O)c1OC. The maximum atomic E-state index is 13.2. The summed E-state index contributed by atoms with van der Waals surface area (Å²) in [7, 11) is -1.44. The molecule has 0 saturated carbocycles. The molecule has 5 aromatic rings. The van der Waals surface area contributed by atoms with Gasteiger partial charge in [-0.3, -0.25) is 4.18 Å². The van der Waals surface area contributed by atoms with Crippen LogP contribution in [0.3, 0.4) is 0 Å². The van der Waals surface area contributed by atoms with E-state index in [0.717, 1.165) is 125 Å². The monoisotopic (exact) mass is 1160 g/mol. The number of unbranched alkanes of at least 4 members (excludes halogenated alkanes) is 14. The molecule has 448 valence electrons. The second-order valence-electron chi connectivity index (χ2n) is 19.1. The van der Waals surface area contributed by atoms with Crippen molar-refractivity contribution in [1.29, 1.82) is 0 Å². The summed E-state index contributed by atoms with van der Waals surface area (Å²) >= 11 is 0. The van der Waals surface area contributed by atoms with Crippen molar-refractivity contribution >= 4 is 43.0 Å². The van der Waals surface area contributed by atoms with Gasteiger partial charge in [0.15, 0.2) is 17.2 Å². The van der Waals surface area contributed by atoms with Crippen LogP contribution in [0.25, 0.3) is 0 Å². The van der Waals surface area contributed by atoms with Gasteiger partial charge in [-0.15, -0.1) is 0 Å². The number of phenols is 4. The quantitative estimate of drug-likeness (QED) is 0.0137. The van der Waals surface area contributed by atoms with Crippen LogP contribution in [0.2, 0.25) is 0 Å². The second kappa shape index (κ2) is 35.5. The van der Waals surface area contributed by atoms with Gasteiger partial charge in [-0.2, -0.15) is 8.42 Å². The van der Waals surface area contributed by atoms with Crippen molar-refractivity contribution in [2.45, 2.75) is 159 Å². The van der Waals surface area contributed by atoms with Gasteiger partial charge in [-0.25, -0.2) is 0 Å². The van der Waals surface area contributed by atoms with Crippen LogP contribution in [0.5, 0.6) is 46.0 Å². The number of hydrogen-bond acceptors (Lipinski definition) is 14. The maximum absolute atomic E-state index is 13.2. The molecular weight excluding hydrogens is 1060 g/mol. The van der Waals surface area contributed by atoms with Gasteiger partial charge in [0.1, 0.15) is 0 Å². The van der Waals surface area contributed by atoms with Crippen molar-refractivity contribution in [3.8, 4) is 46.0 Å². The molecule has 17 heteroatoms. The Morgan fingerprint density at radius 1 is 0.392 bits per heavy atom. The molecule has 0 spiro atoms. The Balaban J connectivity index is 0.00000165. The Morgan fingerprint density at radius 2 is 0.671 bits per heavy atom. The van der Waals surface area contributed by atoms with E-state index in [1.807, 2.05) is 91.0 Å². The van der Waals surface area contributed by atoms with Gasteiger partial charge >= 0.3 is 223 Å². The first kappa shape index (κ1) is 73.8. The van der Waals surface area contributed by atoms with E-state index in [-0.39, 0.29) is 82.3 Å². The molecule has 0 unspecified atom stereocenters. The van der Waals surface area contributed by atoms with Crippen molar-refractivity contribution in [2.24, 2.45) is 0 Å². The molecule has 0 aliphatic carbocycles. The summed E-state index contributed by atoms with van der Waals surface area (Å²) in [5, 5.41) is 44.7. The van der Waals surface area contributed by atoms with Crippen molar-refractivity contribution < 1.29 is 64.4 Å². The molecule has 0 fully saturated rings. The third kappa shape index (κ3) is 19.8. The molecule has 79 heavy (non-hydrogen) atoms. The molecule has 4 N–H and O–H groups in total. The number of methoxy groups -OCH3 is 4. The van der Waals surface area contributed by atoms with E-state index in [9.17, 15) is 37.3 Å². The normalized spacial score (nSPS) is 11.7. The number of rotatable bonds is 32. The molecule has 5 aromatic carbocycles. The van der Waals surface area contributed by atoms with Gasteiger partial charge in [-0.1, -0.05) is 68.2 Å². The van der Waals surface area contributed by atoms with Crippen LogP contribution in [0.4, 0.5) is 0 Å². The molecule has 0 amide bonds. The predicted octanol–water partition coefficient (Wildman–Crippen LogP) is 14.1. The second-order valence-corrected chi connectivity index (χ2v) is 27.2. The summed E-state index contributed by atoms with van der Waals surface area (Å²) in [6, 6.07) is 29.8. The van der Waals surface area contributed by atoms with Crippen LogP contribution in [0, 0.1) is 13.8 Å². The van der Waals surface area contributed by atoms with Crippen molar-refractivity contribution in [3.05, 3.63) is 113 Å². The summed E-state index contributed by atoms with van der Waals surface area (Å²) < 4.78 is 80.2. The fraction of sp³-hybridized carbons (Fsp3) is 0.516. The van der Waals surface area contributed by atoms with Crippen LogP contribution in [-0.4, -0.2) is 91.0 Å². The van der Waals surface area contributed by atoms with Crippen LogP contribution in [0.1, 0.15) is 155 Å². The van der Waals surface area contributed by atoms with E-state index >= 15 is 0 Å². The Kier molecular flexibility index (Phi) is 33.1. The first-order valence-corrected chi connectivity index (χ1v) is 32.0.